The van der Waals surface area contributed by atoms with Crippen LogP contribution in [0.3, 0.4) is 0 Å². The number of hydrogen-bond donors (Lipinski definition) is 1. The van der Waals surface area contributed by atoms with Crippen LogP contribution in [0.25, 0.3) is 0 Å². The highest BCUT2D eigenvalue weighted by Gasteiger charge is 2.16. The Morgan fingerprint density at radius 3 is 2.54 bits per heavy atom. The van der Waals surface area contributed by atoms with Gasteiger partial charge in [-0.15, -0.1) is 0 Å². The molecule has 1 aliphatic heterocycles. The van der Waals surface area contributed by atoms with Gasteiger partial charge in [0.05, 0.1) is 13.2 Å². The van der Waals surface area contributed by atoms with Crippen molar-refractivity contribution in [2.45, 2.75) is 20.0 Å². The summed E-state index contributed by atoms with van der Waals surface area (Å²) in [5.41, 5.74) is 2.79. The Morgan fingerprint density at radius 2 is 1.88 bits per heavy atom. The van der Waals surface area contributed by atoms with Gasteiger partial charge < -0.3 is 19.7 Å². The molecule has 2 aromatic carbocycles. The van der Waals surface area contributed by atoms with E-state index in [1.807, 2.05) is 37.3 Å². The fourth-order valence-corrected chi connectivity index (χ4v) is 2.89. The molecule has 2 aromatic rings. The summed E-state index contributed by atoms with van der Waals surface area (Å²) in [4.78, 5) is 14.6. The molecule has 1 fully saturated rings. The first-order valence-corrected chi connectivity index (χ1v) is 9.07. The van der Waals surface area contributed by atoms with Crippen LogP contribution in [0.4, 0.5) is 11.4 Å². The fourth-order valence-electron chi connectivity index (χ4n) is 2.77. The molecule has 1 amide bonds. The first-order chi connectivity index (χ1) is 12.5. The number of carbonyl (C=O) groups excluding carboxylic acids is 1. The topological polar surface area (TPSA) is 50.8 Å². The lowest BCUT2D eigenvalue weighted by Gasteiger charge is -2.29. The first-order valence-electron chi connectivity index (χ1n) is 8.69. The molecule has 0 aliphatic carbocycles. The number of hydrogen-bond acceptors (Lipinski definition) is 4. The van der Waals surface area contributed by atoms with Crippen LogP contribution in [0, 0.1) is 6.92 Å². The third-order valence-electron chi connectivity index (χ3n) is 4.32. The zero-order valence-electron chi connectivity index (χ0n) is 15.0. The number of halogens is 1. The first kappa shape index (κ1) is 18.5. The Balaban J connectivity index is 1.57. The molecular weight excluding hydrogens is 352 g/mol. The molecule has 1 saturated heterocycles. The minimum absolute atomic E-state index is 0.197. The number of nitrogens with zero attached hydrogens (tertiary/aromatic N) is 1. The lowest BCUT2D eigenvalue weighted by Crippen LogP contribution is -2.36. The number of aryl methyl sites for hydroxylation is 1. The highest BCUT2D eigenvalue weighted by molar-refractivity contribution is 6.31. The predicted octanol–water partition coefficient (Wildman–Crippen LogP) is 3.89. The van der Waals surface area contributed by atoms with E-state index in [4.69, 9.17) is 21.1 Å². The molecule has 0 unspecified atom stereocenters. The van der Waals surface area contributed by atoms with Gasteiger partial charge in [-0.2, -0.15) is 0 Å². The van der Waals surface area contributed by atoms with E-state index < -0.39 is 6.10 Å². The summed E-state index contributed by atoms with van der Waals surface area (Å²) >= 11 is 6.01. The Morgan fingerprint density at radius 1 is 1.19 bits per heavy atom. The van der Waals surface area contributed by atoms with E-state index in [2.05, 4.69) is 10.2 Å². The van der Waals surface area contributed by atoms with E-state index in [-0.39, 0.29) is 5.91 Å². The van der Waals surface area contributed by atoms with Gasteiger partial charge in [-0.1, -0.05) is 11.6 Å². The summed E-state index contributed by atoms with van der Waals surface area (Å²) in [6.07, 6.45) is -0.616. The molecule has 1 aliphatic rings. The van der Waals surface area contributed by atoms with Crippen molar-refractivity contribution in [1.82, 2.24) is 0 Å². The molecule has 0 saturated carbocycles. The molecule has 0 radical (unpaired) electrons. The standard InChI is InChI=1S/C20H23ClN2O3/c1-14-13-18(7-8-19(14)21)26-15(2)20(24)22-16-3-5-17(6-4-16)23-9-11-25-12-10-23/h3-8,13,15H,9-12H2,1-2H3,(H,22,24)/t15-/m0/s1. The smallest absolute Gasteiger partial charge is 0.265 e. The molecule has 1 heterocycles. The van der Waals surface area contributed by atoms with Crippen LogP contribution in [-0.2, 0) is 9.53 Å². The van der Waals surface area contributed by atoms with Gasteiger partial charge in [0, 0.05) is 29.5 Å². The molecule has 3 rings (SSSR count). The molecule has 0 bridgehead atoms. The second kappa shape index (κ2) is 8.43. The van der Waals surface area contributed by atoms with Crippen LogP contribution in [0.1, 0.15) is 12.5 Å². The SMILES string of the molecule is Cc1cc(O[C@@H](C)C(=O)Nc2ccc(N3CCOCC3)cc2)ccc1Cl. The van der Waals surface area contributed by atoms with E-state index in [1.165, 1.54) is 0 Å². The number of anilines is 2. The zero-order valence-corrected chi connectivity index (χ0v) is 15.8. The van der Waals surface area contributed by atoms with Gasteiger partial charge in [0.1, 0.15) is 5.75 Å². The number of rotatable bonds is 5. The lowest BCUT2D eigenvalue weighted by atomic mass is 10.2. The van der Waals surface area contributed by atoms with Crippen molar-refractivity contribution in [3.8, 4) is 5.75 Å². The van der Waals surface area contributed by atoms with Gasteiger partial charge in [-0.3, -0.25) is 4.79 Å². The molecule has 6 heteroatoms. The summed E-state index contributed by atoms with van der Waals surface area (Å²) in [6.45, 7) is 6.89. The third-order valence-corrected chi connectivity index (χ3v) is 4.75. The van der Waals surface area contributed by atoms with E-state index in [9.17, 15) is 4.79 Å². The Hall–Kier alpha value is -2.24. The minimum Gasteiger partial charge on any atom is -0.481 e. The van der Waals surface area contributed by atoms with E-state index in [1.54, 1.807) is 19.1 Å². The summed E-state index contributed by atoms with van der Waals surface area (Å²) in [6, 6.07) is 13.2. The molecule has 138 valence electrons. The summed E-state index contributed by atoms with van der Waals surface area (Å²) in [7, 11) is 0. The van der Waals surface area contributed by atoms with Crippen LogP contribution in [0.15, 0.2) is 42.5 Å². The molecule has 1 atom stereocenters. The summed E-state index contributed by atoms with van der Waals surface area (Å²) < 4.78 is 11.1. The van der Waals surface area contributed by atoms with E-state index in [0.29, 0.717) is 10.8 Å². The molecule has 0 spiro atoms. The second-order valence-electron chi connectivity index (χ2n) is 6.31. The van der Waals surface area contributed by atoms with Gasteiger partial charge in [-0.25, -0.2) is 0 Å². The number of nitrogens with one attached hydrogen (secondary N) is 1. The van der Waals surface area contributed by atoms with E-state index in [0.717, 1.165) is 43.2 Å². The maximum Gasteiger partial charge on any atom is 0.265 e. The van der Waals surface area contributed by atoms with Gasteiger partial charge in [0.25, 0.3) is 5.91 Å². The molecular formula is C20H23ClN2O3. The van der Waals surface area contributed by atoms with Crippen LogP contribution in [0.5, 0.6) is 5.75 Å². The quantitative estimate of drug-likeness (QED) is 0.862. The molecule has 0 aromatic heterocycles. The predicted molar refractivity (Wildman–Crippen MR) is 104 cm³/mol. The van der Waals surface area contributed by atoms with Crippen molar-refractivity contribution in [3.05, 3.63) is 53.1 Å². The van der Waals surface area contributed by atoms with Crippen LogP contribution >= 0.6 is 11.6 Å². The highest BCUT2D eigenvalue weighted by atomic mass is 35.5. The maximum atomic E-state index is 12.4. The normalized spacial score (nSPS) is 15.4. The second-order valence-corrected chi connectivity index (χ2v) is 6.71. The Kier molecular flexibility index (Phi) is 6.01. The van der Waals surface area contributed by atoms with Crippen molar-refractivity contribution in [1.29, 1.82) is 0 Å². The van der Waals surface area contributed by atoms with Gasteiger partial charge in [0.15, 0.2) is 6.10 Å². The van der Waals surface area contributed by atoms with Crippen LogP contribution in [-0.4, -0.2) is 38.3 Å². The third kappa shape index (κ3) is 4.68. The largest absolute Gasteiger partial charge is 0.481 e. The number of ether oxygens (including phenoxy) is 2. The van der Waals surface area contributed by atoms with Gasteiger partial charge in [-0.05, 0) is 61.9 Å². The number of carbonyl (C=O) groups is 1. The monoisotopic (exact) mass is 374 g/mol. The maximum absolute atomic E-state index is 12.4. The molecule has 26 heavy (non-hydrogen) atoms. The van der Waals surface area contributed by atoms with E-state index >= 15 is 0 Å². The highest BCUT2D eigenvalue weighted by Crippen LogP contribution is 2.23. The van der Waals surface area contributed by atoms with Crippen LogP contribution in [0.2, 0.25) is 5.02 Å². The van der Waals surface area contributed by atoms with Crippen LogP contribution < -0.4 is 15.0 Å². The van der Waals surface area contributed by atoms with Gasteiger partial charge in [0.2, 0.25) is 0 Å². The number of amides is 1. The van der Waals surface area contributed by atoms with Crippen molar-refractivity contribution in [2.24, 2.45) is 0 Å². The van der Waals surface area contributed by atoms with Crippen molar-refractivity contribution >= 4 is 28.9 Å². The van der Waals surface area contributed by atoms with Crippen molar-refractivity contribution in [3.63, 3.8) is 0 Å². The fraction of sp³-hybridized carbons (Fsp3) is 0.350. The minimum atomic E-state index is -0.616. The van der Waals surface area contributed by atoms with Crippen molar-refractivity contribution in [2.75, 3.05) is 36.5 Å². The number of benzene rings is 2. The molecule has 1 N–H and O–H groups in total. The van der Waals surface area contributed by atoms with Gasteiger partial charge >= 0.3 is 0 Å². The summed E-state index contributed by atoms with van der Waals surface area (Å²) in [5, 5.41) is 3.56. The summed E-state index contributed by atoms with van der Waals surface area (Å²) in [5.74, 6) is 0.425. The lowest BCUT2D eigenvalue weighted by molar-refractivity contribution is -0.122. The molecule has 5 nitrogen and oxygen atoms in total. The Labute approximate surface area is 158 Å². The number of morpholine rings is 1. The average molecular weight is 375 g/mol. The zero-order chi connectivity index (χ0) is 18.5. The Bertz CT molecular complexity index is 758. The van der Waals surface area contributed by atoms with Crippen molar-refractivity contribution < 1.29 is 14.3 Å². The average Bonchev–Trinajstić information content (AvgIpc) is 2.66.